The summed E-state index contributed by atoms with van der Waals surface area (Å²) in [5, 5.41) is 0. The van der Waals surface area contributed by atoms with Crippen molar-refractivity contribution in [2.24, 2.45) is 17.8 Å². The second kappa shape index (κ2) is 4.92. The third-order valence-electron chi connectivity index (χ3n) is 3.61. The lowest BCUT2D eigenvalue weighted by atomic mass is 10.0. The van der Waals surface area contributed by atoms with Gasteiger partial charge in [0, 0.05) is 30.8 Å². The number of hydrogen-bond acceptors (Lipinski definition) is 1. The highest BCUT2D eigenvalue weighted by Crippen LogP contribution is 2.54. The van der Waals surface area contributed by atoms with Gasteiger partial charge < -0.3 is 4.90 Å². The Morgan fingerprint density at radius 1 is 1.07 bits per heavy atom. The summed E-state index contributed by atoms with van der Waals surface area (Å²) in [6.07, 6.45) is 3.56. The van der Waals surface area contributed by atoms with Gasteiger partial charge >= 0.3 is 0 Å². The number of fused-ring (bicyclic) bond motifs is 1. The Hall–Kier alpha value is 0.0500. The van der Waals surface area contributed by atoms with E-state index in [1.54, 1.807) is 0 Å². The number of alkyl halides is 2. The number of nitrogens with zero attached hydrogens (tertiary/aromatic N) is 1. The van der Waals surface area contributed by atoms with Crippen LogP contribution in [0.5, 0.6) is 0 Å². The van der Waals surface area contributed by atoms with Crippen LogP contribution in [0.4, 0.5) is 0 Å². The molecule has 4 heteroatoms. The molecule has 0 aromatic heterocycles. The lowest BCUT2D eigenvalue weighted by Gasteiger charge is -2.24. The number of carbonyl (C=O) groups excluding carboxylic acids is 1. The van der Waals surface area contributed by atoms with E-state index < -0.39 is 0 Å². The molecule has 2 rings (SSSR count). The molecule has 2 aliphatic carbocycles. The zero-order valence-corrected chi connectivity index (χ0v) is 10.3. The standard InChI is InChI=1S/C11H17Cl2NO/c12-1-3-14(4-2-13)11(15)10-6-8-5-9(8)7-10/h8-10H,1-7H2. The highest BCUT2D eigenvalue weighted by molar-refractivity contribution is 6.18. The lowest BCUT2D eigenvalue weighted by molar-refractivity contribution is -0.135. The molecule has 2 saturated carbocycles. The predicted octanol–water partition coefficient (Wildman–Crippen LogP) is 2.34. The molecule has 0 spiro atoms. The SMILES string of the molecule is O=C(C1CC2CC2C1)N(CCCl)CCCl. The molecular formula is C11H17Cl2NO. The Morgan fingerprint density at radius 3 is 2.07 bits per heavy atom. The average Bonchev–Trinajstić information content (AvgIpc) is 2.84. The van der Waals surface area contributed by atoms with Crippen LogP contribution in [0.25, 0.3) is 0 Å². The third kappa shape index (κ3) is 2.59. The molecular weight excluding hydrogens is 233 g/mol. The van der Waals surface area contributed by atoms with Gasteiger partial charge in [-0.15, -0.1) is 23.2 Å². The summed E-state index contributed by atoms with van der Waals surface area (Å²) in [4.78, 5) is 13.9. The van der Waals surface area contributed by atoms with Crippen LogP contribution in [-0.2, 0) is 4.79 Å². The Morgan fingerprint density at radius 2 is 1.60 bits per heavy atom. The van der Waals surface area contributed by atoms with Crippen molar-refractivity contribution >= 4 is 29.1 Å². The summed E-state index contributed by atoms with van der Waals surface area (Å²) in [5.41, 5.74) is 0. The van der Waals surface area contributed by atoms with Crippen molar-refractivity contribution in [2.75, 3.05) is 24.8 Å². The van der Waals surface area contributed by atoms with Crippen molar-refractivity contribution in [1.29, 1.82) is 0 Å². The van der Waals surface area contributed by atoms with Crippen molar-refractivity contribution < 1.29 is 4.79 Å². The lowest BCUT2D eigenvalue weighted by Crippen LogP contribution is -2.38. The van der Waals surface area contributed by atoms with Gasteiger partial charge in [0.25, 0.3) is 0 Å². The first-order valence-corrected chi connectivity index (χ1v) is 6.74. The minimum Gasteiger partial charge on any atom is -0.340 e. The van der Waals surface area contributed by atoms with Gasteiger partial charge in [-0.1, -0.05) is 0 Å². The van der Waals surface area contributed by atoms with Crippen LogP contribution in [0.3, 0.4) is 0 Å². The van der Waals surface area contributed by atoms with Crippen molar-refractivity contribution in [3.05, 3.63) is 0 Å². The molecule has 0 radical (unpaired) electrons. The van der Waals surface area contributed by atoms with E-state index in [2.05, 4.69) is 0 Å². The molecule has 0 saturated heterocycles. The fourth-order valence-electron chi connectivity index (χ4n) is 2.71. The Kier molecular flexibility index (Phi) is 3.78. The van der Waals surface area contributed by atoms with Crippen LogP contribution in [0.15, 0.2) is 0 Å². The van der Waals surface area contributed by atoms with Gasteiger partial charge in [-0.25, -0.2) is 0 Å². The van der Waals surface area contributed by atoms with Crippen LogP contribution < -0.4 is 0 Å². The van der Waals surface area contributed by atoms with Crippen molar-refractivity contribution in [3.8, 4) is 0 Å². The van der Waals surface area contributed by atoms with Gasteiger partial charge in [-0.3, -0.25) is 4.79 Å². The molecule has 2 fully saturated rings. The van der Waals surface area contributed by atoms with Crippen LogP contribution >= 0.6 is 23.2 Å². The van der Waals surface area contributed by atoms with E-state index in [-0.39, 0.29) is 11.8 Å². The average molecular weight is 250 g/mol. The van der Waals surface area contributed by atoms with E-state index in [0.717, 1.165) is 24.7 Å². The second-order valence-electron chi connectivity index (χ2n) is 4.63. The maximum atomic E-state index is 12.1. The largest absolute Gasteiger partial charge is 0.340 e. The molecule has 1 amide bonds. The first-order chi connectivity index (χ1) is 7.26. The van der Waals surface area contributed by atoms with E-state index in [1.165, 1.54) is 6.42 Å². The maximum absolute atomic E-state index is 12.1. The number of carbonyl (C=O) groups is 1. The monoisotopic (exact) mass is 249 g/mol. The third-order valence-corrected chi connectivity index (χ3v) is 3.95. The zero-order valence-electron chi connectivity index (χ0n) is 8.79. The highest BCUT2D eigenvalue weighted by Gasteiger charge is 2.48. The molecule has 2 nitrogen and oxygen atoms in total. The number of halogens is 2. The van der Waals surface area contributed by atoms with Gasteiger partial charge in [0.1, 0.15) is 0 Å². The molecule has 0 bridgehead atoms. The molecule has 2 unspecified atom stereocenters. The Balaban J connectivity index is 1.85. The van der Waals surface area contributed by atoms with E-state index in [0.29, 0.717) is 24.8 Å². The molecule has 86 valence electrons. The van der Waals surface area contributed by atoms with Crippen molar-refractivity contribution in [3.63, 3.8) is 0 Å². The number of hydrogen-bond donors (Lipinski definition) is 0. The van der Waals surface area contributed by atoms with Gasteiger partial charge in [0.05, 0.1) is 0 Å². The Labute approximate surface area is 101 Å². The summed E-state index contributed by atoms with van der Waals surface area (Å²) in [6, 6.07) is 0. The highest BCUT2D eigenvalue weighted by atomic mass is 35.5. The van der Waals surface area contributed by atoms with Crippen LogP contribution in [0.2, 0.25) is 0 Å². The molecule has 0 heterocycles. The fourth-order valence-corrected chi connectivity index (χ4v) is 3.12. The maximum Gasteiger partial charge on any atom is 0.225 e. The molecule has 0 aromatic carbocycles. The smallest absolute Gasteiger partial charge is 0.225 e. The topological polar surface area (TPSA) is 20.3 Å². The summed E-state index contributed by atoms with van der Waals surface area (Å²) >= 11 is 11.4. The summed E-state index contributed by atoms with van der Waals surface area (Å²) in [5.74, 6) is 3.26. The molecule has 0 aliphatic heterocycles. The molecule has 0 N–H and O–H groups in total. The van der Waals surface area contributed by atoms with Crippen LogP contribution in [-0.4, -0.2) is 35.7 Å². The van der Waals surface area contributed by atoms with Crippen LogP contribution in [0.1, 0.15) is 19.3 Å². The molecule has 15 heavy (non-hydrogen) atoms. The van der Waals surface area contributed by atoms with Crippen LogP contribution in [0, 0.1) is 17.8 Å². The predicted molar refractivity (Wildman–Crippen MR) is 62.3 cm³/mol. The first kappa shape index (κ1) is 11.5. The molecule has 2 atom stereocenters. The first-order valence-electron chi connectivity index (χ1n) is 5.67. The quantitative estimate of drug-likeness (QED) is 0.686. The summed E-state index contributed by atoms with van der Waals surface area (Å²) < 4.78 is 0. The van der Waals surface area contributed by atoms with Crippen molar-refractivity contribution in [1.82, 2.24) is 4.90 Å². The van der Waals surface area contributed by atoms with E-state index in [9.17, 15) is 4.79 Å². The van der Waals surface area contributed by atoms with Gasteiger partial charge in [-0.05, 0) is 31.1 Å². The summed E-state index contributed by atoms with van der Waals surface area (Å²) in [6.45, 7) is 1.28. The minimum absolute atomic E-state index is 0.264. The number of rotatable bonds is 5. The van der Waals surface area contributed by atoms with Gasteiger partial charge in [-0.2, -0.15) is 0 Å². The molecule has 0 aromatic rings. The fraction of sp³-hybridized carbons (Fsp3) is 0.909. The van der Waals surface area contributed by atoms with E-state index >= 15 is 0 Å². The minimum atomic E-state index is 0.264. The normalized spacial score (nSPS) is 32.5. The zero-order chi connectivity index (χ0) is 10.8. The van der Waals surface area contributed by atoms with E-state index in [4.69, 9.17) is 23.2 Å². The van der Waals surface area contributed by atoms with Gasteiger partial charge in [0.2, 0.25) is 5.91 Å². The molecule has 2 aliphatic rings. The summed E-state index contributed by atoms with van der Waals surface area (Å²) in [7, 11) is 0. The van der Waals surface area contributed by atoms with Gasteiger partial charge in [0.15, 0.2) is 0 Å². The Bertz CT molecular complexity index is 231. The number of amides is 1. The second-order valence-corrected chi connectivity index (χ2v) is 5.38. The van der Waals surface area contributed by atoms with Crippen molar-refractivity contribution in [2.45, 2.75) is 19.3 Å². The van der Waals surface area contributed by atoms with E-state index in [1.807, 2.05) is 4.90 Å².